The molecule has 8 nitrogen and oxygen atoms in total. The van der Waals surface area contributed by atoms with E-state index in [1.54, 1.807) is 12.1 Å². The largest absolute Gasteiger partial charge is 0.381 e. The molecule has 164 valence electrons. The van der Waals surface area contributed by atoms with E-state index in [1.165, 1.54) is 0 Å². The highest BCUT2D eigenvalue weighted by molar-refractivity contribution is 6.24. The molecule has 30 heavy (non-hydrogen) atoms. The number of amides is 4. The highest BCUT2D eigenvalue weighted by atomic mass is 16.5. The van der Waals surface area contributed by atoms with Crippen molar-refractivity contribution in [2.75, 3.05) is 26.8 Å². The van der Waals surface area contributed by atoms with Crippen LogP contribution in [0.1, 0.15) is 65.8 Å². The summed E-state index contributed by atoms with van der Waals surface area (Å²) in [6.45, 7) is 6.15. The summed E-state index contributed by atoms with van der Waals surface area (Å²) in [6.07, 6.45) is 2.55. The fourth-order valence-electron chi connectivity index (χ4n) is 3.61. The summed E-state index contributed by atoms with van der Waals surface area (Å²) in [6, 6.07) is 4.26. The molecule has 0 aliphatic carbocycles. The molecule has 8 heteroatoms. The van der Waals surface area contributed by atoms with Gasteiger partial charge in [0.2, 0.25) is 11.8 Å². The predicted octanol–water partition coefficient (Wildman–Crippen LogP) is 1.67. The Kier molecular flexibility index (Phi) is 9.14. The first-order chi connectivity index (χ1) is 14.5. The van der Waals surface area contributed by atoms with Crippen molar-refractivity contribution in [2.45, 2.75) is 52.0 Å². The monoisotopic (exact) mass is 417 g/mol. The van der Waals surface area contributed by atoms with E-state index >= 15 is 0 Å². The van der Waals surface area contributed by atoms with Gasteiger partial charge >= 0.3 is 0 Å². The summed E-state index contributed by atoms with van der Waals surface area (Å²) in [7, 11) is 1.90. The Morgan fingerprint density at radius 3 is 2.53 bits per heavy atom. The van der Waals surface area contributed by atoms with Crippen molar-refractivity contribution in [3.63, 3.8) is 0 Å². The SMILES string of the molecule is CC.CNCCCOCCCc1cccc2c1C(=O)N(C1CCC(=O)NC1=O)C2=O. The maximum absolute atomic E-state index is 13.0. The third-order valence-corrected chi connectivity index (χ3v) is 5.00. The van der Waals surface area contributed by atoms with Gasteiger partial charge < -0.3 is 10.1 Å². The zero-order chi connectivity index (χ0) is 22.1. The van der Waals surface area contributed by atoms with Crippen molar-refractivity contribution >= 4 is 23.6 Å². The van der Waals surface area contributed by atoms with Crippen molar-refractivity contribution < 1.29 is 23.9 Å². The number of rotatable bonds is 9. The van der Waals surface area contributed by atoms with Gasteiger partial charge in [-0.1, -0.05) is 26.0 Å². The Labute approximate surface area is 177 Å². The first-order valence-electron chi connectivity index (χ1n) is 10.6. The first-order valence-corrected chi connectivity index (χ1v) is 10.6. The number of nitrogens with zero attached hydrogens (tertiary/aromatic N) is 1. The number of piperidine rings is 1. The van der Waals surface area contributed by atoms with Crippen LogP contribution in [-0.4, -0.2) is 61.4 Å². The topological polar surface area (TPSA) is 105 Å². The fraction of sp³-hybridized carbons (Fsp3) is 0.545. The van der Waals surface area contributed by atoms with Crippen molar-refractivity contribution in [1.29, 1.82) is 0 Å². The third kappa shape index (κ3) is 5.31. The highest BCUT2D eigenvalue weighted by Gasteiger charge is 2.45. The molecule has 1 aromatic carbocycles. The molecule has 0 spiro atoms. The Hall–Kier alpha value is -2.58. The van der Waals surface area contributed by atoms with Crippen LogP contribution in [-0.2, 0) is 20.7 Å². The van der Waals surface area contributed by atoms with Crippen LogP contribution in [0, 0.1) is 0 Å². The van der Waals surface area contributed by atoms with Gasteiger partial charge in [0.05, 0.1) is 11.1 Å². The summed E-state index contributed by atoms with van der Waals surface area (Å²) in [5.41, 5.74) is 1.47. The van der Waals surface area contributed by atoms with Gasteiger partial charge in [0, 0.05) is 19.6 Å². The Balaban J connectivity index is 0.00000155. The van der Waals surface area contributed by atoms with Crippen LogP contribution in [0.25, 0.3) is 0 Å². The second-order valence-corrected chi connectivity index (χ2v) is 6.96. The van der Waals surface area contributed by atoms with Gasteiger partial charge in [0.1, 0.15) is 6.04 Å². The molecule has 0 aromatic heterocycles. The van der Waals surface area contributed by atoms with E-state index in [2.05, 4.69) is 10.6 Å². The summed E-state index contributed by atoms with van der Waals surface area (Å²) in [4.78, 5) is 50.2. The number of hydrogen-bond acceptors (Lipinski definition) is 6. The van der Waals surface area contributed by atoms with E-state index in [0.717, 1.165) is 29.8 Å². The highest BCUT2D eigenvalue weighted by Crippen LogP contribution is 2.30. The Morgan fingerprint density at radius 2 is 1.83 bits per heavy atom. The zero-order valence-electron chi connectivity index (χ0n) is 18.0. The molecule has 2 aliphatic rings. The van der Waals surface area contributed by atoms with Crippen molar-refractivity contribution in [1.82, 2.24) is 15.5 Å². The number of hydrogen-bond donors (Lipinski definition) is 2. The van der Waals surface area contributed by atoms with Gasteiger partial charge in [-0.05, 0) is 50.9 Å². The van der Waals surface area contributed by atoms with Gasteiger partial charge in [0.15, 0.2) is 0 Å². The Bertz CT molecular complexity index is 793. The molecule has 2 heterocycles. The molecule has 3 rings (SSSR count). The van der Waals surface area contributed by atoms with Gasteiger partial charge in [-0.2, -0.15) is 0 Å². The molecule has 0 bridgehead atoms. The predicted molar refractivity (Wildman–Crippen MR) is 112 cm³/mol. The van der Waals surface area contributed by atoms with E-state index < -0.39 is 23.8 Å². The van der Waals surface area contributed by atoms with Crippen LogP contribution in [0.15, 0.2) is 18.2 Å². The average molecular weight is 418 g/mol. The number of nitrogens with one attached hydrogen (secondary N) is 2. The molecule has 1 atom stereocenters. The number of imide groups is 2. The van der Waals surface area contributed by atoms with E-state index in [1.807, 2.05) is 27.0 Å². The van der Waals surface area contributed by atoms with E-state index in [9.17, 15) is 19.2 Å². The molecule has 1 fully saturated rings. The molecule has 2 N–H and O–H groups in total. The van der Waals surface area contributed by atoms with Crippen molar-refractivity contribution in [3.05, 3.63) is 34.9 Å². The average Bonchev–Trinajstić information content (AvgIpc) is 3.00. The number of benzene rings is 1. The number of aryl methyl sites for hydroxylation is 1. The fourth-order valence-corrected chi connectivity index (χ4v) is 3.61. The van der Waals surface area contributed by atoms with E-state index in [-0.39, 0.29) is 18.7 Å². The second-order valence-electron chi connectivity index (χ2n) is 6.96. The third-order valence-electron chi connectivity index (χ3n) is 5.00. The number of fused-ring (bicyclic) bond motifs is 1. The van der Waals surface area contributed by atoms with Crippen LogP contribution < -0.4 is 10.6 Å². The minimum Gasteiger partial charge on any atom is -0.381 e. The molecular formula is C22H31N3O5. The van der Waals surface area contributed by atoms with Crippen LogP contribution in [0.2, 0.25) is 0 Å². The molecular weight excluding hydrogens is 386 g/mol. The summed E-state index contributed by atoms with van der Waals surface area (Å²) in [5.74, 6) is -1.91. The lowest BCUT2D eigenvalue weighted by atomic mass is 9.99. The second kappa shape index (κ2) is 11.6. The van der Waals surface area contributed by atoms with Gasteiger partial charge in [0.25, 0.3) is 11.8 Å². The molecule has 4 amide bonds. The standard InChI is InChI=1S/C20H25N3O5.C2H6/c1-21-10-4-12-28-11-3-6-13-5-2-7-14-17(13)20(27)23(19(14)26)15-8-9-16(24)22-18(15)25;1-2/h2,5,7,15,21H,3-4,6,8-12H2,1H3,(H,22,24,25);1-2H3. The van der Waals surface area contributed by atoms with Gasteiger partial charge in [-0.25, -0.2) is 0 Å². The lowest BCUT2D eigenvalue weighted by Crippen LogP contribution is -2.54. The molecule has 1 saturated heterocycles. The number of carbonyl (C=O) groups excluding carboxylic acids is 4. The number of carbonyl (C=O) groups is 4. The molecule has 0 radical (unpaired) electrons. The zero-order valence-corrected chi connectivity index (χ0v) is 18.0. The summed E-state index contributed by atoms with van der Waals surface area (Å²) in [5, 5.41) is 5.26. The molecule has 1 aromatic rings. The number of ether oxygens (including phenoxy) is 1. The molecule has 1 unspecified atom stereocenters. The lowest BCUT2D eigenvalue weighted by molar-refractivity contribution is -0.136. The van der Waals surface area contributed by atoms with E-state index in [0.29, 0.717) is 30.8 Å². The van der Waals surface area contributed by atoms with Crippen LogP contribution >= 0.6 is 0 Å². The smallest absolute Gasteiger partial charge is 0.262 e. The van der Waals surface area contributed by atoms with Crippen molar-refractivity contribution in [3.8, 4) is 0 Å². The van der Waals surface area contributed by atoms with Gasteiger partial charge in [-0.15, -0.1) is 0 Å². The quantitative estimate of drug-likeness (QED) is 0.468. The van der Waals surface area contributed by atoms with Crippen LogP contribution in [0.3, 0.4) is 0 Å². The van der Waals surface area contributed by atoms with Gasteiger partial charge in [-0.3, -0.25) is 29.4 Å². The van der Waals surface area contributed by atoms with Crippen LogP contribution in [0.4, 0.5) is 0 Å². The molecule has 2 aliphatic heterocycles. The normalized spacial score (nSPS) is 18.1. The maximum atomic E-state index is 13.0. The lowest BCUT2D eigenvalue weighted by Gasteiger charge is -2.27. The van der Waals surface area contributed by atoms with Crippen molar-refractivity contribution in [2.24, 2.45) is 0 Å². The minimum atomic E-state index is -0.937. The maximum Gasteiger partial charge on any atom is 0.262 e. The first kappa shape index (κ1) is 23.7. The Morgan fingerprint density at radius 1 is 1.10 bits per heavy atom. The summed E-state index contributed by atoms with van der Waals surface area (Å²) < 4.78 is 5.58. The molecule has 0 saturated carbocycles. The van der Waals surface area contributed by atoms with E-state index in [4.69, 9.17) is 4.74 Å². The van der Waals surface area contributed by atoms with Crippen LogP contribution in [0.5, 0.6) is 0 Å². The summed E-state index contributed by atoms with van der Waals surface area (Å²) >= 11 is 0. The minimum absolute atomic E-state index is 0.113.